The topological polar surface area (TPSA) is 88.5 Å². The molecular formula is C17H18N2O4. The summed E-state index contributed by atoms with van der Waals surface area (Å²) in [6.07, 6.45) is 2.62. The van der Waals surface area contributed by atoms with Crippen molar-refractivity contribution in [3.8, 4) is 0 Å². The van der Waals surface area contributed by atoms with E-state index in [4.69, 9.17) is 4.74 Å². The Morgan fingerprint density at radius 2 is 2.00 bits per heavy atom. The Hall–Kier alpha value is -2.89. The van der Waals surface area contributed by atoms with Crippen LogP contribution in [0.3, 0.4) is 0 Å². The maximum absolute atomic E-state index is 11.8. The molecule has 0 aliphatic heterocycles. The molecule has 1 aromatic carbocycles. The second kappa shape index (κ2) is 7.93. The van der Waals surface area contributed by atoms with Crippen molar-refractivity contribution in [2.75, 3.05) is 0 Å². The Morgan fingerprint density at radius 1 is 1.26 bits per heavy atom. The highest BCUT2D eigenvalue weighted by atomic mass is 16.5. The number of carbonyl (C=O) groups excluding carboxylic acids is 1. The van der Waals surface area contributed by atoms with E-state index in [-0.39, 0.29) is 13.0 Å². The number of aryl methyl sites for hydroxylation is 1. The van der Waals surface area contributed by atoms with Gasteiger partial charge in [-0.05, 0) is 29.7 Å². The van der Waals surface area contributed by atoms with E-state index in [0.717, 1.165) is 16.7 Å². The number of amides is 1. The highest BCUT2D eigenvalue weighted by molar-refractivity contribution is 5.80. The summed E-state index contributed by atoms with van der Waals surface area (Å²) in [5.74, 6) is -1.12. The van der Waals surface area contributed by atoms with Crippen molar-refractivity contribution in [2.24, 2.45) is 0 Å². The fraction of sp³-hybridized carbons (Fsp3) is 0.235. The predicted octanol–water partition coefficient (Wildman–Crippen LogP) is 2.31. The van der Waals surface area contributed by atoms with E-state index in [2.05, 4.69) is 10.3 Å². The molecule has 1 aromatic heterocycles. The van der Waals surface area contributed by atoms with E-state index in [0.29, 0.717) is 0 Å². The van der Waals surface area contributed by atoms with Gasteiger partial charge in [0.15, 0.2) is 0 Å². The number of aromatic nitrogens is 1. The lowest BCUT2D eigenvalue weighted by Crippen LogP contribution is -2.42. The summed E-state index contributed by atoms with van der Waals surface area (Å²) in [6, 6.07) is 9.90. The van der Waals surface area contributed by atoms with Gasteiger partial charge in [0.1, 0.15) is 12.6 Å². The fourth-order valence-corrected chi connectivity index (χ4v) is 2.04. The van der Waals surface area contributed by atoms with Gasteiger partial charge in [0.25, 0.3) is 0 Å². The third kappa shape index (κ3) is 5.10. The van der Waals surface area contributed by atoms with Gasteiger partial charge in [-0.1, -0.05) is 30.3 Å². The number of alkyl carbamates (subject to hydrolysis) is 1. The Labute approximate surface area is 134 Å². The second-order valence-electron chi connectivity index (χ2n) is 5.10. The van der Waals surface area contributed by atoms with Crippen LogP contribution in [0.2, 0.25) is 0 Å². The van der Waals surface area contributed by atoms with E-state index >= 15 is 0 Å². The number of nitrogens with zero attached hydrogens (tertiary/aromatic N) is 1. The van der Waals surface area contributed by atoms with Crippen molar-refractivity contribution >= 4 is 12.1 Å². The van der Waals surface area contributed by atoms with Crippen molar-refractivity contribution in [3.05, 3.63) is 65.5 Å². The van der Waals surface area contributed by atoms with Crippen LogP contribution < -0.4 is 5.32 Å². The minimum atomic E-state index is -1.12. The minimum absolute atomic E-state index is 0.0882. The SMILES string of the molecule is Cc1ccncc1CC(NC(=O)OCc1ccccc1)C(=O)O. The van der Waals surface area contributed by atoms with E-state index in [1.165, 1.54) is 0 Å². The first-order valence-corrected chi connectivity index (χ1v) is 7.16. The number of ether oxygens (including phenoxy) is 1. The molecule has 1 heterocycles. The first kappa shape index (κ1) is 16.5. The minimum Gasteiger partial charge on any atom is -0.480 e. The quantitative estimate of drug-likeness (QED) is 0.854. The molecular weight excluding hydrogens is 296 g/mol. The van der Waals surface area contributed by atoms with Gasteiger partial charge in [0.05, 0.1) is 0 Å². The van der Waals surface area contributed by atoms with Gasteiger partial charge in [-0.15, -0.1) is 0 Å². The summed E-state index contributed by atoms with van der Waals surface area (Å²) in [7, 11) is 0. The molecule has 0 saturated carbocycles. The second-order valence-corrected chi connectivity index (χ2v) is 5.10. The Morgan fingerprint density at radius 3 is 2.65 bits per heavy atom. The molecule has 6 heteroatoms. The van der Waals surface area contributed by atoms with Gasteiger partial charge in [-0.2, -0.15) is 0 Å². The van der Waals surface area contributed by atoms with Crippen molar-refractivity contribution in [2.45, 2.75) is 26.0 Å². The molecule has 23 heavy (non-hydrogen) atoms. The zero-order chi connectivity index (χ0) is 16.7. The molecule has 0 radical (unpaired) electrons. The largest absolute Gasteiger partial charge is 0.480 e. The van der Waals surface area contributed by atoms with Crippen molar-refractivity contribution < 1.29 is 19.4 Å². The maximum Gasteiger partial charge on any atom is 0.408 e. The molecule has 1 unspecified atom stereocenters. The maximum atomic E-state index is 11.8. The highest BCUT2D eigenvalue weighted by Crippen LogP contribution is 2.09. The number of aliphatic carboxylic acids is 1. The van der Waals surface area contributed by atoms with E-state index in [1.54, 1.807) is 18.5 Å². The Balaban J connectivity index is 1.92. The van der Waals surface area contributed by atoms with Crippen LogP contribution in [0.5, 0.6) is 0 Å². The third-order valence-corrected chi connectivity index (χ3v) is 3.37. The van der Waals surface area contributed by atoms with E-state index < -0.39 is 18.1 Å². The molecule has 120 valence electrons. The van der Waals surface area contributed by atoms with Crippen LogP contribution in [0.15, 0.2) is 48.8 Å². The Kier molecular flexibility index (Phi) is 5.68. The number of carbonyl (C=O) groups is 2. The lowest BCUT2D eigenvalue weighted by Gasteiger charge is -2.15. The van der Waals surface area contributed by atoms with Gasteiger partial charge >= 0.3 is 12.1 Å². The smallest absolute Gasteiger partial charge is 0.408 e. The lowest BCUT2D eigenvalue weighted by atomic mass is 10.0. The molecule has 0 aliphatic carbocycles. The summed E-state index contributed by atoms with van der Waals surface area (Å²) >= 11 is 0. The van der Waals surface area contributed by atoms with Gasteiger partial charge in [0.2, 0.25) is 0 Å². The van der Waals surface area contributed by atoms with Gasteiger partial charge in [-0.3, -0.25) is 4.98 Å². The summed E-state index contributed by atoms with van der Waals surface area (Å²) < 4.78 is 5.05. The summed E-state index contributed by atoms with van der Waals surface area (Å²) in [5.41, 5.74) is 2.52. The molecule has 1 amide bonds. The van der Waals surface area contributed by atoms with Crippen LogP contribution in [0.25, 0.3) is 0 Å². The molecule has 0 spiro atoms. The number of hydrogen-bond acceptors (Lipinski definition) is 4. The number of rotatable bonds is 6. The summed E-state index contributed by atoms with van der Waals surface area (Å²) in [5, 5.41) is 11.6. The average Bonchev–Trinajstić information content (AvgIpc) is 2.55. The first-order valence-electron chi connectivity index (χ1n) is 7.16. The molecule has 2 N–H and O–H groups in total. The Bertz CT molecular complexity index is 673. The normalized spacial score (nSPS) is 11.5. The van der Waals surface area contributed by atoms with Crippen LogP contribution in [-0.4, -0.2) is 28.2 Å². The zero-order valence-electron chi connectivity index (χ0n) is 12.7. The van der Waals surface area contributed by atoms with Gasteiger partial charge in [0, 0.05) is 18.8 Å². The van der Waals surface area contributed by atoms with Crippen LogP contribution in [0.4, 0.5) is 4.79 Å². The average molecular weight is 314 g/mol. The molecule has 0 fully saturated rings. The molecule has 1 atom stereocenters. The zero-order valence-corrected chi connectivity index (χ0v) is 12.7. The summed E-state index contributed by atoms with van der Waals surface area (Å²) in [6.45, 7) is 1.95. The predicted molar refractivity (Wildman–Crippen MR) is 83.9 cm³/mol. The monoisotopic (exact) mass is 314 g/mol. The van der Waals surface area contributed by atoms with Crippen LogP contribution >= 0.6 is 0 Å². The molecule has 0 aliphatic rings. The van der Waals surface area contributed by atoms with Crippen molar-refractivity contribution in [3.63, 3.8) is 0 Å². The summed E-state index contributed by atoms with van der Waals surface area (Å²) in [4.78, 5) is 27.1. The van der Waals surface area contributed by atoms with E-state index in [1.807, 2.05) is 37.3 Å². The number of pyridine rings is 1. The first-order chi connectivity index (χ1) is 11.1. The number of nitrogens with one attached hydrogen (secondary N) is 1. The van der Waals surface area contributed by atoms with Crippen LogP contribution in [-0.2, 0) is 22.6 Å². The van der Waals surface area contributed by atoms with Gasteiger partial charge in [-0.25, -0.2) is 9.59 Å². The van der Waals surface area contributed by atoms with E-state index in [9.17, 15) is 14.7 Å². The molecule has 6 nitrogen and oxygen atoms in total. The van der Waals surface area contributed by atoms with Crippen LogP contribution in [0.1, 0.15) is 16.7 Å². The van der Waals surface area contributed by atoms with Crippen LogP contribution in [0, 0.1) is 6.92 Å². The number of hydrogen-bond donors (Lipinski definition) is 2. The number of carboxylic acid groups (broad SMARTS) is 1. The van der Waals surface area contributed by atoms with Gasteiger partial charge < -0.3 is 15.2 Å². The van der Waals surface area contributed by atoms with Crippen molar-refractivity contribution in [1.82, 2.24) is 10.3 Å². The van der Waals surface area contributed by atoms with Crippen molar-refractivity contribution in [1.29, 1.82) is 0 Å². The highest BCUT2D eigenvalue weighted by Gasteiger charge is 2.22. The molecule has 0 saturated heterocycles. The molecule has 2 aromatic rings. The fourth-order valence-electron chi connectivity index (χ4n) is 2.04. The number of carboxylic acids is 1. The molecule has 2 rings (SSSR count). The standard InChI is InChI=1S/C17H18N2O4/c1-12-7-8-18-10-14(12)9-15(16(20)21)19-17(22)23-11-13-5-3-2-4-6-13/h2-8,10,15H,9,11H2,1H3,(H,19,22)(H,20,21). The lowest BCUT2D eigenvalue weighted by molar-refractivity contribution is -0.139. The third-order valence-electron chi connectivity index (χ3n) is 3.37. The number of benzene rings is 1. The molecule has 0 bridgehead atoms.